The van der Waals surface area contributed by atoms with Crippen molar-refractivity contribution in [1.29, 1.82) is 0 Å². The van der Waals surface area contributed by atoms with Crippen molar-refractivity contribution >= 4 is 23.2 Å². The van der Waals surface area contributed by atoms with E-state index < -0.39 is 5.56 Å². The summed E-state index contributed by atoms with van der Waals surface area (Å²) in [7, 11) is 1.79. The quantitative estimate of drug-likeness (QED) is 0.849. The Labute approximate surface area is 113 Å². The lowest BCUT2D eigenvalue weighted by Crippen LogP contribution is -2.21. The van der Waals surface area contributed by atoms with E-state index in [0.29, 0.717) is 11.7 Å². The summed E-state index contributed by atoms with van der Waals surface area (Å²) >= 11 is 11.6. The van der Waals surface area contributed by atoms with Crippen LogP contribution in [0.25, 0.3) is 5.82 Å². The molecule has 1 aliphatic rings. The second kappa shape index (κ2) is 4.10. The zero-order valence-electron chi connectivity index (χ0n) is 9.60. The largest absolute Gasteiger partial charge is 0.294 e. The van der Waals surface area contributed by atoms with Crippen molar-refractivity contribution < 1.29 is 0 Å². The second-order valence-electron chi connectivity index (χ2n) is 4.35. The Hall–Kier alpha value is -1.33. The van der Waals surface area contributed by atoms with Crippen molar-refractivity contribution in [3.63, 3.8) is 0 Å². The first-order chi connectivity index (χ1) is 8.56. The topological polar surface area (TPSA) is 52.7 Å². The van der Waals surface area contributed by atoms with E-state index in [4.69, 9.17) is 23.2 Å². The van der Waals surface area contributed by atoms with Crippen molar-refractivity contribution in [2.75, 3.05) is 0 Å². The lowest BCUT2D eigenvalue weighted by Gasteiger charge is -2.05. The molecule has 2 aromatic heterocycles. The number of aromatic nitrogens is 4. The molecule has 5 nitrogen and oxygen atoms in total. The summed E-state index contributed by atoms with van der Waals surface area (Å²) in [5.41, 5.74) is 0.606. The molecule has 0 aromatic carbocycles. The smallest absolute Gasteiger partial charge is 0.265 e. The van der Waals surface area contributed by atoms with Gasteiger partial charge in [-0.2, -0.15) is 5.10 Å². The van der Waals surface area contributed by atoms with E-state index in [9.17, 15) is 4.79 Å². The maximum absolute atomic E-state index is 11.9. The van der Waals surface area contributed by atoms with Gasteiger partial charge in [-0.15, -0.1) is 0 Å². The van der Waals surface area contributed by atoms with Gasteiger partial charge in [0.1, 0.15) is 11.0 Å². The molecule has 0 radical (unpaired) electrons. The molecule has 0 spiro atoms. The van der Waals surface area contributed by atoms with Gasteiger partial charge in [0.25, 0.3) is 5.56 Å². The molecule has 0 N–H and O–H groups in total. The van der Waals surface area contributed by atoms with Gasteiger partial charge in [-0.25, -0.2) is 4.98 Å². The molecular weight excluding hydrogens is 275 g/mol. The molecule has 0 saturated heterocycles. The van der Waals surface area contributed by atoms with Gasteiger partial charge >= 0.3 is 0 Å². The fourth-order valence-corrected chi connectivity index (χ4v) is 2.30. The molecule has 0 bridgehead atoms. The summed E-state index contributed by atoms with van der Waals surface area (Å²) in [6, 6.07) is 1.89. The molecule has 1 saturated carbocycles. The first kappa shape index (κ1) is 11.7. The maximum atomic E-state index is 11.9. The molecule has 18 heavy (non-hydrogen) atoms. The SMILES string of the molecule is Cn1nc(C2CC2)cc1-n1cc(Cl)nc(Cl)c1=O. The molecule has 0 aliphatic heterocycles. The first-order valence-corrected chi connectivity index (χ1v) is 6.31. The highest BCUT2D eigenvalue weighted by molar-refractivity contribution is 6.32. The highest BCUT2D eigenvalue weighted by atomic mass is 35.5. The lowest BCUT2D eigenvalue weighted by atomic mass is 10.3. The van der Waals surface area contributed by atoms with Gasteiger partial charge in [0.05, 0.1) is 11.9 Å². The van der Waals surface area contributed by atoms with E-state index in [2.05, 4.69) is 10.1 Å². The van der Waals surface area contributed by atoms with E-state index in [1.54, 1.807) is 11.7 Å². The fourth-order valence-electron chi connectivity index (χ4n) is 1.89. The van der Waals surface area contributed by atoms with Gasteiger partial charge < -0.3 is 0 Å². The highest BCUT2D eigenvalue weighted by Gasteiger charge is 2.27. The number of hydrogen-bond donors (Lipinski definition) is 0. The molecule has 1 aliphatic carbocycles. The van der Waals surface area contributed by atoms with Crippen LogP contribution in [-0.2, 0) is 7.05 Å². The van der Waals surface area contributed by atoms with Crippen LogP contribution in [0.5, 0.6) is 0 Å². The van der Waals surface area contributed by atoms with E-state index >= 15 is 0 Å². The minimum atomic E-state index is -0.397. The minimum absolute atomic E-state index is 0.142. The number of halogens is 2. The Bertz CT molecular complexity index is 672. The van der Waals surface area contributed by atoms with Crippen molar-refractivity contribution in [2.45, 2.75) is 18.8 Å². The van der Waals surface area contributed by atoms with Crippen molar-refractivity contribution in [3.05, 3.63) is 38.6 Å². The number of hydrogen-bond acceptors (Lipinski definition) is 3. The average Bonchev–Trinajstić information content (AvgIpc) is 3.08. The Kier molecular flexibility index (Phi) is 2.68. The second-order valence-corrected chi connectivity index (χ2v) is 5.10. The summed E-state index contributed by atoms with van der Waals surface area (Å²) in [6.07, 6.45) is 3.76. The molecule has 0 unspecified atom stereocenters. The zero-order valence-corrected chi connectivity index (χ0v) is 11.1. The fraction of sp³-hybridized carbons (Fsp3) is 0.364. The van der Waals surface area contributed by atoms with Crippen molar-refractivity contribution in [3.8, 4) is 5.82 Å². The molecule has 0 atom stereocenters. The van der Waals surface area contributed by atoms with Crippen LogP contribution in [0.2, 0.25) is 10.3 Å². The molecule has 2 heterocycles. The minimum Gasteiger partial charge on any atom is -0.265 e. The lowest BCUT2D eigenvalue weighted by molar-refractivity contribution is 0.705. The zero-order chi connectivity index (χ0) is 12.9. The standard InChI is InChI=1S/C11H10Cl2N4O/c1-16-9(4-7(15-16)6-2-3-6)17-5-8(12)14-10(13)11(17)18/h4-6H,2-3H2,1H3. The third kappa shape index (κ3) is 1.93. The molecule has 1 fully saturated rings. The predicted octanol–water partition coefficient (Wildman–Crippen LogP) is 2.15. The van der Waals surface area contributed by atoms with Crippen LogP contribution in [0.3, 0.4) is 0 Å². The molecule has 7 heteroatoms. The van der Waals surface area contributed by atoms with E-state index in [1.165, 1.54) is 10.8 Å². The van der Waals surface area contributed by atoms with Gasteiger partial charge in [0.2, 0.25) is 0 Å². The summed E-state index contributed by atoms with van der Waals surface area (Å²) < 4.78 is 3.03. The van der Waals surface area contributed by atoms with Crippen LogP contribution < -0.4 is 5.56 Å². The molecule has 0 amide bonds. The Balaban J connectivity index is 2.17. The molecule has 94 valence electrons. The van der Waals surface area contributed by atoms with Crippen LogP contribution >= 0.6 is 23.2 Å². The first-order valence-electron chi connectivity index (χ1n) is 5.55. The predicted molar refractivity (Wildman–Crippen MR) is 68.6 cm³/mol. The monoisotopic (exact) mass is 284 g/mol. The van der Waals surface area contributed by atoms with Crippen LogP contribution in [0.15, 0.2) is 17.1 Å². The summed E-state index contributed by atoms with van der Waals surface area (Å²) in [4.78, 5) is 15.6. The van der Waals surface area contributed by atoms with Gasteiger partial charge in [-0.3, -0.25) is 14.0 Å². The van der Waals surface area contributed by atoms with Gasteiger partial charge in [-0.05, 0) is 12.8 Å². The highest BCUT2D eigenvalue weighted by Crippen LogP contribution is 2.39. The third-order valence-electron chi connectivity index (χ3n) is 2.95. The van der Waals surface area contributed by atoms with E-state index in [1.807, 2.05) is 6.07 Å². The van der Waals surface area contributed by atoms with Crippen molar-refractivity contribution in [2.24, 2.45) is 7.05 Å². The normalized spacial score (nSPS) is 15.1. The van der Waals surface area contributed by atoms with E-state index in [0.717, 1.165) is 18.5 Å². The summed E-state index contributed by atoms with van der Waals surface area (Å²) in [5, 5.41) is 4.43. The van der Waals surface area contributed by atoms with Crippen molar-refractivity contribution in [1.82, 2.24) is 19.3 Å². The van der Waals surface area contributed by atoms with Gasteiger partial charge in [-0.1, -0.05) is 23.2 Å². The summed E-state index contributed by atoms with van der Waals surface area (Å²) in [6.45, 7) is 0. The third-order valence-corrected chi connectivity index (χ3v) is 3.38. The Morgan fingerprint density at radius 2 is 2.11 bits per heavy atom. The maximum Gasteiger partial charge on any atom is 0.294 e. The van der Waals surface area contributed by atoms with Crippen LogP contribution in [-0.4, -0.2) is 19.3 Å². The van der Waals surface area contributed by atoms with E-state index in [-0.39, 0.29) is 10.3 Å². The van der Waals surface area contributed by atoms with Crippen LogP contribution in [0, 0.1) is 0 Å². The molecule has 2 aromatic rings. The van der Waals surface area contributed by atoms with Gasteiger partial charge in [0.15, 0.2) is 5.15 Å². The Morgan fingerprint density at radius 3 is 2.78 bits per heavy atom. The summed E-state index contributed by atoms with van der Waals surface area (Å²) in [5.74, 6) is 1.17. The molecular formula is C11H10Cl2N4O. The van der Waals surface area contributed by atoms with Crippen LogP contribution in [0.1, 0.15) is 24.5 Å². The number of rotatable bonds is 2. The molecule has 3 rings (SSSR count). The number of aryl methyl sites for hydroxylation is 1. The average molecular weight is 285 g/mol. The van der Waals surface area contributed by atoms with Gasteiger partial charge in [0, 0.05) is 19.0 Å². The number of nitrogens with zero attached hydrogens (tertiary/aromatic N) is 4. The van der Waals surface area contributed by atoms with Crippen LogP contribution in [0.4, 0.5) is 0 Å². The Morgan fingerprint density at radius 1 is 1.39 bits per heavy atom.